The Kier molecular flexibility index (Phi) is 7.67. The molecule has 7 nitrogen and oxygen atoms in total. The van der Waals surface area contributed by atoms with E-state index in [1.165, 1.54) is 0 Å². The van der Waals surface area contributed by atoms with Crippen LogP contribution >= 0.6 is 24.0 Å². The number of hydrogen-bond donors (Lipinski definition) is 3. The molecule has 2 heterocycles. The number of aromatic nitrogens is 2. The second-order valence-electron chi connectivity index (χ2n) is 6.31. The Morgan fingerprint density at radius 1 is 1.27 bits per heavy atom. The summed E-state index contributed by atoms with van der Waals surface area (Å²) in [6.07, 6.45) is 4.08. The molecule has 1 fully saturated rings. The molecule has 2 aromatic heterocycles. The molecule has 0 bridgehead atoms. The Labute approximate surface area is 171 Å². The summed E-state index contributed by atoms with van der Waals surface area (Å²) < 4.78 is 2.07. The van der Waals surface area contributed by atoms with E-state index in [1.54, 1.807) is 0 Å². The number of imidazole rings is 1. The SMILES string of the molecule is CCNC(=NCc1cn2c(C)cccc2n1)NCCNC(=O)C1CC1.I. The predicted octanol–water partition coefficient (Wildman–Crippen LogP) is 1.84. The molecule has 1 saturated carbocycles. The molecule has 8 heteroatoms. The van der Waals surface area contributed by atoms with Crippen LogP contribution in [0.4, 0.5) is 0 Å². The van der Waals surface area contributed by atoms with Crippen molar-refractivity contribution in [1.29, 1.82) is 0 Å². The third-order valence-electron chi connectivity index (χ3n) is 4.15. The van der Waals surface area contributed by atoms with Crippen LogP contribution in [0.15, 0.2) is 29.4 Å². The maximum atomic E-state index is 11.6. The average Bonchev–Trinajstić information content (AvgIpc) is 3.36. The van der Waals surface area contributed by atoms with Crippen molar-refractivity contribution in [1.82, 2.24) is 25.3 Å². The van der Waals surface area contributed by atoms with Crippen molar-refractivity contribution in [3.05, 3.63) is 35.8 Å². The summed E-state index contributed by atoms with van der Waals surface area (Å²) in [6, 6.07) is 6.06. The lowest BCUT2D eigenvalue weighted by molar-refractivity contribution is -0.122. The van der Waals surface area contributed by atoms with E-state index >= 15 is 0 Å². The van der Waals surface area contributed by atoms with Crippen molar-refractivity contribution in [2.45, 2.75) is 33.2 Å². The molecule has 0 aliphatic heterocycles. The molecule has 26 heavy (non-hydrogen) atoms. The van der Waals surface area contributed by atoms with Crippen molar-refractivity contribution < 1.29 is 4.79 Å². The Hall–Kier alpha value is -1.84. The molecule has 3 N–H and O–H groups in total. The van der Waals surface area contributed by atoms with Crippen molar-refractivity contribution >= 4 is 41.5 Å². The first-order chi connectivity index (χ1) is 12.2. The number of pyridine rings is 1. The number of amides is 1. The Bertz CT molecular complexity index is 768. The Morgan fingerprint density at radius 2 is 2.04 bits per heavy atom. The summed E-state index contributed by atoms with van der Waals surface area (Å²) in [5.74, 6) is 1.15. The number of fused-ring (bicyclic) bond motifs is 1. The fourth-order valence-electron chi connectivity index (χ4n) is 2.63. The first-order valence-corrected chi connectivity index (χ1v) is 8.91. The summed E-state index contributed by atoms with van der Waals surface area (Å²) in [5, 5.41) is 9.39. The van der Waals surface area contributed by atoms with E-state index in [1.807, 2.05) is 25.3 Å². The molecule has 1 aliphatic rings. The fraction of sp³-hybridized carbons (Fsp3) is 0.500. The number of halogens is 1. The maximum Gasteiger partial charge on any atom is 0.223 e. The van der Waals surface area contributed by atoms with Gasteiger partial charge in [-0.3, -0.25) is 4.79 Å². The van der Waals surface area contributed by atoms with Crippen molar-refractivity contribution in [3.8, 4) is 0 Å². The molecular weight excluding hydrogens is 443 g/mol. The minimum atomic E-state index is 0. The van der Waals surface area contributed by atoms with E-state index in [9.17, 15) is 4.79 Å². The van der Waals surface area contributed by atoms with Gasteiger partial charge in [-0.1, -0.05) is 6.07 Å². The fourth-order valence-corrected chi connectivity index (χ4v) is 2.63. The molecule has 142 valence electrons. The molecule has 0 spiro atoms. The number of guanidine groups is 1. The van der Waals surface area contributed by atoms with Crippen LogP contribution in [0.3, 0.4) is 0 Å². The Balaban J connectivity index is 0.00000243. The molecule has 0 radical (unpaired) electrons. The minimum absolute atomic E-state index is 0. The Morgan fingerprint density at radius 3 is 2.73 bits per heavy atom. The molecular formula is C18H27IN6O. The maximum absolute atomic E-state index is 11.6. The largest absolute Gasteiger partial charge is 0.357 e. The summed E-state index contributed by atoms with van der Waals surface area (Å²) >= 11 is 0. The number of hydrogen-bond acceptors (Lipinski definition) is 3. The third-order valence-corrected chi connectivity index (χ3v) is 4.15. The van der Waals surface area contributed by atoms with Gasteiger partial charge in [-0.15, -0.1) is 24.0 Å². The van der Waals surface area contributed by atoms with Crippen molar-refractivity contribution in [2.75, 3.05) is 19.6 Å². The second kappa shape index (κ2) is 9.75. The van der Waals surface area contributed by atoms with Crippen LogP contribution in [0.1, 0.15) is 31.2 Å². The van der Waals surface area contributed by atoms with Gasteiger partial charge in [0.25, 0.3) is 0 Å². The zero-order valence-corrected chi connectivity index (χ0v) is 17.6. The van der Waals surface area contributed by atoms with Gasteiger partial charge >= 0.3 is 0 Å². The monoisotopic (exact) mass is 470 g/mol. The van der Waals surface area contributed by atoms with Gasteiger partial charge in [0, 0.05) is 37.4 Å². The van der Waals surface area contributed by atoms with Crippen LogP contribution in [0.25, 0.3) is 5.65 Å². The summed E-state index contributed by atoms with van der Waals surface area (Å²) in [4.78, 5) is 20.8. The van der Waals surface area contributed by atoms with Gasteiger partial charge < -0.3 is 20.4 Å². The highest BCUT2D eigenvalue weighted by Crippen LogP contribution is 2.28. The lowest BCUT2D eigenvalue weighted by atomic mass is 10.4. The van der Waals surface area contributed by atoms with E-state index in [4.69, 9.17) is 0 Å². The van der Waals surface area contributed by atoms with Crippen LogP contribution < -0.4 is 16.0 Å². The summed E-state index contributed by atoms with van der Waals surface area (Å²) in [6.45, 7) is 6.63. The van der Waals surface area contributed by atoms with Gasteiger partial charge in [0.2, 0.25) is 5.91 Å². The average molecular weight is 470 g/mol. The first-order valence-electron chi connectivity index (χ1n) is 8.91. The number of aliphatic imine (C=N–C) groups is 1. The molecule has 1 amide bonds. The number of aryl methyl sites for hydroxylation is 1. The zero-order valence-electron chi connectivity index (χ0n) is 15.3. The number of carbonyl (C=O) groups is 1. The normalized spacial score (nSPS) is 14.0. The van der Waals surface area contributed by atoms with Crippen LogP contribution in [0.2, 0.25) is 0 Å². The highest BCUT2D eigenvalue weighted by atomic mass is 127. The molecule has 3 rings (SSSR count). The lowest BCUT2D eigenvalue weighted by Crippen LogP contribution is -2.41. The molecule has 2 aromatic rings. The van der Waals surface area contributed by atoms with Crippen molar-refractivity contribution in [3.63, 3.8) is 0 Å². The van der Waals surface area contributed by atoms with E-state index in [0.29, 0.717) is 19.6 Å². The standard InChI is InChI=1S/C18H26N6O.HI/c1-3-19-18(21-10-9-20-17(25)14-7-8-14)22-11-15-12-24-13(2)5-4-6-16(24)23-15;/h4-6,12,14H,3,7-11H2,1-2H3,(H,20,25)(H2,19,21,22);1H. The highest BCUT2D eigenvalue weighted by molar-refractivity contribution is 14.0. The molecule has 0 atom stereocenters. The van der Waals surface area contributed by atoms with Gasteiger partial charge in [-0.2, -0.15) is 0 Å². The zero-order chi connectivity index (χ0) is 17.6. The van der Waals surface area contributed by atoms with Crippen molar-refractivity contribution in [2.24, 2.45) is 10.9 Å². The smallest absolute Gasteiger partial charge is 0.223 e. The minimum Gasteiger partial charge on any atom is -0.357 e. The van der Waals surface area contributed by atoms with Gasteiger partial charge in [0.05, 0.1) is 12.2 Å². The van der Waals surface area contributed by atoms with Gasteiger partial charge in [-0.25, -0.2) is 9.98 Å². The second-order valence-corrected chi connectivity index (χ2v) is 6.31. The third kappa shape index (κ3) is 5.58. The quantitative estimate of drug-likeness (QED) is 0.250. The molecule has 1 aliphatic carbocycles. The van der Waals surface area contributed by atoms with E-state index in [2.05, 4.69) is 43.3 Å². The number of carbonyl (C=O) groups excluding carboxylic acids is 1. The van der Waals surface area contributed by atoms with E-state index < -0.39 is 0 Å². The van der Waals surface area contributed by atoms with Gasteiger partial charge in [-0.05, 0) is 38.8 Å². The first kappa shape index (κ1) is 20.5. The summed E-state index contributed by atoms with van der Waals surface area (Å²) in [7, 11) is 0. The molecule has 0 unspecified atom stereocenters. The van der Waals surface area contributed by atoms with Gasteiger partial charge in [0.15, 0.2) is 5.96 Å². The van der Waals surface area contributed by atoms with Crippen LogP contribution in [0, 0.1) is 12.8 Å². The molecule has 0 saturated heterocycles. The lowest BCUT2D eigenvalue weighted by Gasteiger charge is -2.11. The van der Waals surface area contributed by atoms with Crippen LogP contribution in [-0.4, -0.2) is 40.9 Å². The topological polar surface area (TPSA) is 82.8 Å². The number of nitrogens with zero attached hydrogens (tertiary/aromatic N) is 3. The number of nitrogens with one attached hydrogen (secondary N) is 3. The highest BCUT2D eigenvalue weighted by Gasteiger charge is 2.28. The van der Waals surface area contributed by atoms with Gasteiger partial charge in [0.1, 0.15) is 5.65 Å². The van der Waals surface area contributed by atoms with E-state index in [-0.39, 0.29) is 35.8 Å². The van der Waals surface area contributed by atoms with Crippen LogP contribution in [-0.2, 0) is 11.3 Å². The predicted molar refractivity (Wildman–Crippen MR) is 114 cm³/mol. The van der Waals surface area contributed by atoms with E-state index in [0.717, 1.165) is 42.4 Å². The summed E-state index contributed by atoms with van der Waals surface area (Å²) in [5.41, 5.74) is 3.01. The van der Waals surface area contributed by atoms with Crippen LogP contribution in [0.5, 0.6) is 0 Å². The number of rotatable bonds is 7. The molecule has 0 aromatic carbocycles.